The van der Waals surface area contributed by atoms with Crippen molar-refractivity contribution in [2.24, 2.45) is 0 Å². The zero-order valence-corrected chi connectivity index (χ0v) is 11.4. The van der Waals surface area contributed by atoms with Crippen molar-refractivity contribution in [3.63, 3.8) is 0 Å². The average Bonchev–Trinajstić information content (AvgIpc) is 2.72. The molecule has 0 saturated carbocycles. The van der Waals surface area contributed by atoms with Crippen LogP contribution in [0.25, 0.3) is 11.3 Å². The molecule has 0 spiro atoms. The van der Waals surface area contributed by atoms with Crippen molar-refractivity contribution < 1.29 is 14.4 Å². The molecule has 100 valence electrons. The second-order valence-electron chi connectivity index (χ2n) is 4.76. The number of hydrogen-bond donors (Lipinski definition) is 1. The minimum atomic E-state index is -0.987. The number of aromatic carboxylic acids is 1. The molecule has 2 rings (SSSR count). The molecule has 0 aliphatic carbocycles. The van der Waals surface area contributed by atoms with Crippen LogP contribution in [0.1, 0.15) is 40.6 Å². The van der Waals surface area contributed by atoms with Gasteiger partial charge in [0, 0.05) is 12.0 Å². The summed E-state index contributed by atoms with van der Waals surface area (Å²) < 4.78 is 5.20. The van der Waals surface area contributed by atoms with Gasteiger partial charge < -0.3 is 9.63 Å². The molecule has 4 nitrogen and oxygen atoms in total. The first kappa shape index (κ1) is 13.3. The van der Waals surface area contributed by atoms with Crippen LogP contribution in [0.3, 0.4) is 0 Å². The summed E-state index contributed by atoms with van der Waals surface area (Å²) in [6.07, 6.45) is 1.40. The molecule has 0 atom stereocenters. The van der Waals surface area contributed by atoms with Gasteiger partial charge in [-0.3, -0.25) is 0 Å². The first-order chi connectivity index (χ1) is 9.02. The summed E-state index contributed by atoms with van der Waals surface area (Å²) in [6, 6.07) is 5.89. The summed E-state index contributed by atoms with van der Waals surface area (Å²) in [7, 11) is 0. The van der Waals surface area contributed by atoms with E-state index in [0.717, 1.165) is 23.1 Å². The van der Waals surface area contributed by atoms with Crippen LogP contribution in [-0.4, -0.2) is 16.2 Å². The Hall–Kier alpha value is -2.10. The molecule has 0 aliphatic rings. The highest BCUT2D eigenvalue weighted by Crippen LogP contribution is 2.28. The van der Waals surface area contributed by atoms with Crippen LogP contribution >= 0.6 is 0 Å². The van der Waals surface area contributed by atoms with Crippen LogP contribution in [0.4, 0.5) is 0 Å². The minimum Gasteiger partial charge on any atom is -0.477 e. The highest BCUT2D eigenvalue weighted by atomic mass is 16.5. The number of aromatic nitrogens is 1. The largest absolute Gasteiger partial charge is 0.477 e. The fourth-order valence-corrected chi connectivity index (χ4v) is 2.25. The summed E-state index contributed by atoms with van der Waals surface area (Å²) in [5.41, 5.74) is 3.55. The van der Waals surface area contributed by atoms with Gasteiger partial charge in [0.2, 0.25) is 0 Å². The first-order valence-electron chi connectivity index (χ1n) is 6.33. The number of aryl methyl sites for hydroxylation is 3. The number of carbonyl (C=O) groups is 1. The van der Waals surface area contributed by atoms with Crippen molar-refractivity contribution in [3.05, 3.63) is 40.6 Å². The van der Waals surface area contributed by atoms with Crippen LogP contribution in [0.5, 0.6) is 0 Å². The van der Waals surface area contributed by atoms with Gasteiger partial charge in [0.1, 0.15) is 11.3 Å². The van der Waals surface area contributed by atoms with E-state index in [9.17, 15) is 9.90 Å². The zero-order valence-electron chi connectivity index (χ0n) is 11.4. The Morgan fingerprint density at radius 3 is 2.42 bits per heavy atom. The van der Waals surface area contributed by atoms with Gasteiger partial charge in [0.05, 0.1) is 0 Å². The molecule has 0 radical (unpaired) electrons. The number of nitrogens with zero attached hydrogens (tertiary/aromatic N) is 1. The molecule has 1 heterocycles. The summed E-state index contributed by atoms with van der Waals surface area (Å²) in [6.45, 7) is 5.93. The van der Waals surface area contributed by atoms with Gasteiger partial charge in [-0.1, -0.05) is 29.3 Å². The van der Waals surface area contributed by atoms with Gasteiger partial charge >= 0.3 is 5.97 Å². The van der Waals surface area contributed by atoms with Gasteiger partial charge in [-0.2, -0.15) is 0 Å². The SMILES string of the molecule is CCCc1onc(-c2cc(C)cc(C)c2)c1C(=O)O. The quantitative estimate of drug-likeness (QED) is 0.911. The second-order valence-corrected chi connectivity index (χ2v) is 4.76. The van der Waals surface area contributed by atoms with E-state index in [1.165, 1.54) is 0 Å². The molecule has 0 bridgehead atoms. The number of benzene rings is 1. The van der Waals surface area contributed by atoms with E-state index in [-0.39, 0.29) is 5.56 Å². The Balaban J connectivity index is 2.58. The summed E-state index contributed by atoms with van der Waals surface area (Å²) in [5, 5.41) is 13.3. The molecule has 19 heavy (non-hydrogen) atoms. The van der Waals surface area contributed by atoms with Crippen LogP contribution in [0.15, 0.2) is 22.7 Å². The minimum absolute atomic E-state index is 0.187. The molecule has 2 aromatic rings. The Morgan fingerprint density at radius 1 is 1.26 bits per heavy atom. The molecular weight excluding hydrogens is 242 g/mol. The maximum atomic E-state index is 11.4. The maximum Gasteiger partial charge on any atom is 0.341 e. The lowest BCUT2D eigenvalue weighted by atomic mass is 10.0. The summed E-state index contributed by atoms with van der Waals surface area (Å²) in [5.74, 6) is -0.539. The average molecular weight is 259 g/mol. The molecule has 0 unspecified atom stereocenters. The van der Waals surface area contributed by atoms with E-state index in [1.54, 1.807) is 0 Å². The predicted molar refractivity (Wildman–Crippen MR) is 72.4 cm³/mol. The van der Waals surface area contributed by atoms with Crippen LogP contribution in [0.2, 0.25) is 0 Å². The highest BCUT2D eigenvalue weighted by molar-refractivity contribution is 5.95. The van der Waals surface area contributed by atoms with E-state index in [4.69, 9.17) is 4.52 Å². The molecule has 0 saturated heterocycles. The monoisotopic (exact) mass is 259 g/mol. The zero-order chi connectivity index (χ0) is 14.0. The maximum absolute atomic E-state index is 11.4. The van der Waals surface area contributed by atoms with Crippen molar-refractivity contribution in [2.75, 3.05) is 0 Å². The fraction of sp³-hybridized carbons (Fsp3) is 0.333. The third-order valence-corrected chi connectivity index (χ3v) is 2.95. The van der Waals surface area contributed by atoms with Crippen molar-refractivity contribution in [1.82, 2.24) is 5.16 Å². The number of hydrogen-bond acceptors (Lipinski definition) is 3. The second kappa shape index (κ2) is 5.26. The normalized spacial score (nSPS) is 10.7. The van der Waals surface area contributed by atoms with Crippen molar-refractivity contribution >= 4 is 5.97 Å². The van der Waals surface area contributed by atoms with E-state index < -0.39 is 5.97 Å². The van der Waals surface area contributed by atoms with Crippen LogP contribution < -0.4 is 0 Å². The Kier molecular flexibility index (Phi) is 3.69. The fourth-order valence-electron chi connectivity index (χ4n) is 2.25. The third kappa shape index (κ3) is 2.67. The Morgan fingerprint density at radius 2 is 1.89 bits per heavy atom. The molecule has 0 fully saturated rings. The number of rotatable bonds is 4. The molecule has 1 N–H and O–H groups in total. The molecular formula is C15H17NO3. The smallest absolute Gasteiger partial charge is 0.341 e. The standard InChI is InChI=1S/C15H17NO3/c1-4-5-12-13(15(17)18)14(16-19-12)11-7-9(2)6-10(3)8-11/h6-8H,4-5H2,1-3H3,(H,17,18). The Bertz CT molecular complexity index is 594. The first-order valence-corrected chi connectivity index (χ1v) is 6.33. The summed E-state index contributed by atoms with van der Waals surface area (Å²) in [4.78, 5) is 11.4. The lowest BCUT2D eigenvalue weighted by molar-refractivity contribution is 0.0695. The lowest BCUT2D eigenvalue weighted by Gasteiger charge is -2.03. The van der Waals surface area contributed by atoms with E-state index in [0.29, 0.717) is 17.9 Å². The van der Waals surface area contributed by atoms with Crippen LogP contribution in [0, 0.1) is 13.8 Å². The molecule has 0 aliphatic heterocycles. The van der Waals surface area contributed by atoms with Crippen molar-refractivity contribution in [1.29, 1.82) is 0 Å². The van der Waals surface area contributed by atoms with Gasteiger partial charge in [0.25, 0.3) is 0 Å². The lowest BCUT2D eigenvalue weighted by Crippen LogP contribution is -2.01. The van der Waals surface area contributed by atoms with Gasteiger partial charge in [-0.15, -0.1) is 0 Å². The number of carboxylic acid groups (broad SMARTS) is 1. The topological polar surface area (TPSA) is 63.3 Å². The third-order valence-electron chi connectivity index (χ3n) is 2.95. The van der Waals surface area contributed by atoms with Crippen LogP contribution in [-0.2, 0) is 6.42 Å². The van der Waals surface area contributed by atoms with E-state index in [2.05, 4.69) is 5.16 Å². The predicted octanol–water partition coefficient (Wildman–Crippen LogP) is 3.61. The molecule has 0 amide bonds. The van der Waals surface area contributed by atoms with Crippen molar-refractivity contribution in [3.8, 4) is 11.3 Å². The highest BCUT2D eigenvalue weighted by Gasteiger charge is 2.23. The number of carboxylic acids is 1. The van der Waals surface area contributed by atoms with Gasteiger partial charge in [0.15, 0.2) is 5.76 Å². The summed E-state index contributed by atoms with van der Waals surface area (Å²) >= 11 is 0. The Labute approximate surface area is 112 Å². The molecule has 4 heteroatoms. The van der Waals surface area contributed by atoms with Crippen molar-refractivity contribution in [2.45, 2.75) is 33.6 Å². The molecule has 1 aromatic heterocycles. The van der Waals surface area contributed by atoms with Gasteiger partial charge in [-0.25, -0.2) is 4.79 Å². The van der Waals surface area contributed by atoms with E-state index >= 15 is 0 Å². The van der Waals surface area contributed by atoms with E-state index in [1.807, 2.05) is 39.0 Å². The van der Waals surface area contributed by atoms with Gasteiger partial charge in [-0.05, 0) is 32.4 Å². The molecule has 1 aromatic carbocycles.